The number of ether oxygens (including phenoxy) is 1. The Balaban J connectivity index is 2.30. The summed E-state index contributed by atoms with van der Waals surface area (Å²) in [6.45, 7) is 3.66. The molecule has 7 heteroatoms. The lowest BCUT2D eigenvalue weighted by molar-refractivity contribution is -0.137. The first-order valence-corrected chi connectivity index (χ1v) is 8.16. The summed E-state index contributed by atoms with van der Waals surface area (Å²) in [7, 11) is 1.59. The van der Waals surface area contributed by atoms with Crippen LogP contribution in [0.1, 0.15) is 18.2 Å². The first-order valence-electron chi connectivity index (χ1n) is 7.34. The molecule has 0 atom stereocenters. The fraction of sp³-hybridized carbons (Fsp3) is 0.375. The van der Waals surface area contributed by atoms with Crippen LogP contribution in [0.15, 0.2) is 29.1 Å². The number of aliphatic carboxylic acids is 1. The van der Waals surface area contributed by atoms with Gasteiger partial charge in [-0.15, -0.1) is 0 Å². The SMILES string of the molecule is CCN(CCC(=O)O)Cc1sc(=O)[nH]c1-c1ccccc1OC. The largest absolute Gasteiger partial charge is 0.496 e. The number of para-hydroxylation sites is 1. The highest BCUT2D eigenvalue weighted by Crippen LogP contribution is 2.32. The molecular formula is C16H20N2O4S. The summed E-state index contributed by atoms with van der Waals surface area (Å²) in [5.74, 6) is -0.132. The number of benzene rings is 1. The van der Waals surface area contributed by atoms with Crippen molar-refractivity contribution in [2.75, 3.05) is 20.2 Å². The number of carboxylic acids is 1. The second-order valence-corrected chi connectivity index (χ2v) is 6.09. The zero-order chi connectivity index (χ0) is 16.8. The smallest absolute Gasteiger partial charge is 0.305 e. The minimum atomic E-state index is -0.823. The van der Waals surface area contributed by atoms with Crippen LogP contribution in [-0.4, -0.2) is 41.2 Å². The number of thiazole rings is 1. The van der Waals surface area contributed by atoms with Gasteiger partial charge in [0.15, 0.2) is 0 Å². The van der Waals surface area contributed by atoms with Gasteiger partial charge in [-0.25, -0.2) is 0 Å². The van der Waals surface area contributed by atoms with Crippen LogP contribution in [0.3, 0.4) is 0 Å². The zero-order valence-corrected chi connectivity index (χ0v) is 14.0. The van der Waals surface area contributed by atoms with Gasteiger partial charge in [-0.1, -0.05) is 30.4 Å². The minimum absolute atomic E-state index is 0.0805. The highest BCUT2D eigenvalue weighted by atomic mass is 32.1. The number of H-pyrrole nitrogens is 1. The molecule has 6 nitrogen and oxygen atoms in total. The van der Waals surface area contributed by atoms with E-state index in [0.717, 1.165) is 27.5 Å². The molecule has 0 saturated heterocycles. The molecule has 0 unspecified atom stereocenters. The molecule has 0 aliphatic carbocycles. The van der Waals surface area contributed by atoms with Crippen LogP contribution >= 0.6 is 11.3 Å². The number of carboxylic acid groups (broad SMARTS) is 1. The molecule has 0 aliphatic rings. The predicted molar refractivity (Wildman–Crippen MR) is 90.1 cm³/mol. The number of hydrogen-bond acceptors (Lipinski definition) is 5. The maximum absolute atomic E-state index is 11.8. The Morgan fingerprint density at radius 3 is 2.78 bits per heavy atom. The lowest BCUT2D eigenvalue weighted by Crippen LogP contribution is -2.25. The van der Waals surface area contributed by atoms with Crippen LogP contribution in [0.5, 0.6) is 5.75 Å². The molecule has 0 amide bonds. The van der Waals surface area contributed by atoms with Crippen molar-refractivity contribution in [2.24, 2.45) is 0 Å². The quantitative estimate of drug-likeness (QED) is 0.773. The van der Waals surface area contributed by atoms with Gasteiger partial charge in [-0.3, -0.25) is 14.5 Å². The van der Waals surface area contributed by atoms with Gasteiger partial charge in [0.25, 0.3) is 0 Å². The normalized spacial score (nSPS) is 10.9. The molecule has 0 fully saturated rings. The molecule has 2 rings (SSSR count). The van der Waals surface area contributed by atoms with E-state index in [1.807, 2.05) is 36.1 Å². The molecule has 1 aromatic heterocycles. The molecule has 2 aromatic rings. The summed E-state index contributed by atoms with van der Waals surface area (Å²) in [5, 5.41) is 8.83. The van der Waals surface area contributed by atoms with Crippen molar-refractivity contribution >= 4 is 17.3 Å². The Morgan fingerprint density at radius 1 is 1.39 bits per heavy atom. The summed E-state index contributed by atoms with van der Waals surface area (Å²) >= 11 is 1.15. The average Bonchev–Trinajstić information content (AvgIpc) is 2.91. The van der Waals surface area contributed by atoms with Crippen LogP contribution in [0.25, 0.3) is 11.3 Å². The standard InChI is InChI=1S/C16H20N2O4S/c1-3-18(9-8-14(19)20)10-13-15(17-16(21)23-13)11-6-4-5-7-12(11)22-2/h4-7H,3,8-10H2,1-2H3,(H,17,21)(H,19,20). The third-order valence-electron chi connectivity index (χ3n) is 3.55. The number of nitrogens with one attached hydrogen (secondary N) is 1. The third kappa shape index (κ3) is 4.43. The van der Waals surface area contributed by atoms with E-state index in [0.29, 0.717) is 25.4 Å². The topological polar surface area (TPSA) is 82.6 Å². The molecule has 124 valence electrons. The van der Waals surface area contributed by atoms with Crippen LogP contribution in [0.2, 0.25) is 0 Å². The van der Waals surface area contributed by atoms with E-state index in [1.165, 1.54) is 0 Å². The van der Waals surface area contributed by atoms with E-state index in [-0.39, 0.29) is 11.3 Å². The van der Waals surface area contributed by atoms with Gasteiger partial charge in [-0.05, 0) is 18.7 Å². The van der Waals surface area contributed by atoms with Crippen molar-refractivity contribution in [1.29, 1.82) is 0 Å². The Bertz CT molecular complexity index is 723. The monoisotopic (exact) mass is 336 g/mol. The fourth-order valence-corrected chi connectivity index (χ4v) is 3.23. The third-order valence-corrected chi connectivity index (χ3v) is 4.42. The number of aromatic nitrogens is 1. The Hall–Kier alpha value is -2.12. The summed E-state index contributed by atoms with van der Waals surface area (Å²) < 4.78 is 5.37. The predicted octanol–water partition coefficient (Wildman–Crippen LogP) is 2.41. The van der Waals surface area contributed by atoms with Gasteiger partial charge in [0.05, 0.1) is 19.2 Å². The molecular weight excluding hydrogens is 316 g/mol. The van der Waals surface area contributed by atoms with Crippen molar-refractivity contribution < 1.29 is 14.6 Å². The molecule has 1 heterocycles. The number of methoxy groups -OCH3 is 1. The van der Waals surface area contributed by atoms with E-state index < -0.39 is 5.97 Å². The zero-order valence-electron chi connectivity index (χ0n) is 13.2. The number of hydrogen-bond donors (Lipinski definition) is 2. The van der Waals surface area contributed by atoms with Crippen LogP contribution < -0.4 is 9.61 Å². The summed E-state index contributed by atoms with van der Waals surface area (Å²) in [6, 6.07) is 7.50. The van der Waals surface area contributed by atoms with Gasteiger partial charge >= 0.3 is 10.8 Å². The lowest BCUT2D eigenvalue weighted by Gasteiger charge is -2.19. The minimum Gasteiger partial charge on any atom is -0.496 e. The van der Waals surface area contributed by atoms with Gasteiger partial charge in [0, 0.05) is 23.5 Å². The van der Waals surface area contributed by atoms with Crippen LogP contribution in [0.4, 0.5) is 0 Å². The molecule has 1 aromatic carbocycles. The molecule has 0 saturated carbocycles. The van der Waals surface area contributed by atoms with E-state index in [9.17, 15) is 9.59 Å². The first-order chi connectivity index (χ1) is 11.0. The molecule has 0 radical (unpaired) electrons. The van der Waals surface area contributed by atoms with Gasteiger partial charge in [0.2, 0.25) is 0 Å². The van der Waals surface area contributed by atoms with Crippen molar-refractivity contribution in [3.8, 4) is 17.0 Å². The van der Waals surface area contributed by atoms with E-state index in [1.54, 1.807) is 7.11 Å². The number of aromatic amines is 1. The van der Waals surface area contributed by atoms with E-state index >= 15 is 0 Å². The van der Waals surface area contributed by atoms with Crippen LogP contribution in [0, 0.1) is 0 Å². The van der Waals surface area contributed by atoms with E-state index in [2.05, 4.69) is 4.98 Å². The molecule has 2 N–H and O–H groups in total. The van der Waals surface area contributed by atoms with Crippen LogP contribution in [-0.2, 0) is 11.3 Å². The molecule has 23 heavy (non-hydrogen) atoms. The summed E-state index contributed by atoms with van der Waals surface area (Å²) in [4.78, 5) is 28.2. The molecule has 0 bridgehead atoms. The van der Waals surface area contributed by atoms with Gasteiger partial charge < -0.3 is 14.8 Å². The molecule has 0 aliphatic heterocycles. The summed E-state index contributed by atoms with van der Waals surface area (Å²) in [5.41, 5.74) is 1.57. The second kappa shape index (κ2) is 7.94. The van der Waals surface area contributed by atoms with Gasteiger partial charge in [0.1, 0.15) is 5.75 Å². The number of carbonyl (C=O) groups is 1. The van der Waals surface area contributed by atoms with Crippen molar-refractivity contribution in [1.82, 2.24) is 9.88 Å². The number of rotatable bonds is 8. The van der Waals surface area contributed by atoms with Crippen molar-refractivity contribution in [3.63, 3.8) is 0 Å². The maximum atomic E-state index is 11.8. The van der Waals surface area contributed by atoms with Crippen molar-refractivity contribution in [3.05, 3.63) is 38.8 Å². The Labute approximate surface area is 138 Å². The highest BCUT2D eigenvalue weighted by molar-refractivity contribution is 7.09. The summed E-state index contributed by atoms with van der Waals surface area (Å²) in [6.07, 6.45) is 0.0805. The lowest BCUT2D eigenvalue weighted by atomic mass is 10.1. The number of nitrogens with zero attached hydrogens (tertiary/aromatic N) is 1. The average molecular weight is 336 g/mol. The first kappa shape index (κ1) is 17.2. The Morgan fingerprint density at radius 2 is 2.13 bits per heavy atom. The Kier molecular flexibility index (Phi) is 5.95. The second-order valence-electron chi connectivity index (χ2n) is 5.03. The molecule has 0 spiro atoms. The van der Waals surface area contributed by atoms with Crippen molar-refractivity contribution in [2.45, 2.75) is 19.9 Å². The maximum Gasteiger partial charge on any atom is 0.305 e. The van der Waals surface area contributed by atoms with Gasteiger partial charge in [-0.2, -0.15) is 0 Å². The fourth-order valence-electron chi connectivity index (χ4n) is 2.35. The van der Waals surface area contributed by atoms with E-state index in [4.69, 9.17) is 9.84 Å². The highest BCUT2D eigenvalue weighted by Gasteiger charge is 2.16.